The minimum absolute atomic E-state index is 0.0188. The molecule has 5 nitrogen and oxygen atoms in total. The van der Waals surface area contributed by atoms with Crippen molar-refractivity contribution in [2.24, 2.45) is 0 Å². The van der Waals surface area contributed by atoms with Crippen LogP contribution in [0.5, 0.6) is 0 Å². The third-order valence-corrected chi connectivity index (χ3v) is 6.63. The number of carbonyl (C=O) groups is 1. The van der Waals surface area contributed by atoms with E-state index in [9.17, 15) is 4.79 Å². The van der Waals surface area contributed by atoms with Crippen molar-refractivity contribution in [3.8, 4) is 0 Å². The number of aromatic nitrogens is 1. The Kier molecular flexibility index (Phi) is 7.86. The van der Waals surface area contributed by atoms with Gasteiger partial charge in [0, 0.05) is 67.7 Å². The summed E-state index contributed by atoms with van der Waals surface area (Å²) in [5.41, 5.74) is 3.16. The topological polar surface area (TPSA) is 39.7 Å². The molecule has 2 heterocycles. The number of benzene rings is 2. The van der Waals surface area contributed by atoms with Gasteiger partial charge < -0.3 is 9.80 Å². The molecule has 172 valence electrons. The predicted octanol–water partition coefficient (Wildman–Crippen LogP) is 5.72. The van der Waals surface area contributed by atoms with Gasteiger partial charge in [0.2, 0.25) is 0 Å². The van der Waals surface area contributed by atoms with Crippen LogP contribution in [0.25, 0.3) is 0 Å². The summed E-state index contributed by atoms with van der Waals surface area (Å²) in [7, 11) is 0. The van der Waals surface area contributed by atoms with Gasteiger partial charge in [-0.25, -0.2) is 4.79 Å². The molecule has 0 unspecified atom stereocenters. The van der Waals surface area contributed by atoms with Gasteiger partial charge in [-0.05, 0) is 53.9 Å². The molecule has 0 saturated carbocycles. The number of hydrogen-bond acceptors (Lipinski definition) is 3. The number of piperazine rings is 1. The summed E-state index contributed by atoms with van der Waals surface area (Å²) >= 11 is 12.6. The van der Waals surface area contributed by atoms with Crippen LogP contribution in [0.4, 0.5) is 4.79 Å². The summed E-state index contributed by atoms with van der Waals surface area (Å²) in [6.45, 7) is 6.13. The standard InChI is InChI=1S/C26H28Cl2N4O/c1-20-16-31(14-13-30(20)17-21-9-11-29-12-10-21)26(33)32(18-22-5-4-7-24(27)15-22)19-23-6-2-3-8-25(23)28/h2-12,15,20H,13-14,16-19H2,1H3/t20-/m1/s1. The summed E-state index contributed by atoms with van der Waals surface area (Å²) < 4.78 is 0. The van der Waals surface area contributed by atoms with Crippen molar-refractivity contribution in [1.82, 2.24) is 19.7 Å². The predicted molar refractivity (Wildman–Crippen MR) is 133 cm³/mol. The quantitative estimate of drug-likeness (QED) is 0.451. The number of pyridine rings is 1. The molecule has 1 aromatic heterocycles. The molecular formula is C26H28Cl2N4O. The average molecular weight is 483 g/mol. The van der Waals surface area contributed by atoms with E-state index in [1.807, 2.05) is 82.9 Å². The third kappa shape index (κ3) is 6.26. The molecule has 33 heavy (non-hydrogen) atoms. The largest absolute Gasteiger partial charge is 0.322 e. The second kappa shape index (κ2) is 11.0. The van der Waals surface area contributed by atoms with E-state index in [4.69, 9.17) is 23.2 Å². The first-order valence-electron chi connectivity index (χ1n) is 11.1. The van der Waals surface area contributed by atoms with Crippen molar-refractivity contribution >= 4 is 29.2 Å². The number of hydrogen-bond donors (Lipinski definition) is 0. The lowest BCUT2D eigenvalue weighted by atomic mass is 10.1. The summed E-state index contributed by atoms with van der Waals surface area (Å²) in [5.74, 6) is 0. The molecule has 1 aliphatic heterocycles. The van der Waals surface area contributed by atoms with Gasteiger partial charge in [0.15, 0.2) is 0 Å². The van der Waals surface area contributed by atoms with E-state index >= 15 is 0 Å². The van der Waals surface area contributed by atoms with Crippen LogP contribution in [0.15, 0.2) is 73.1 Å². The molecule has 1 fully saturated rings. The Bertz CT molecular complexity index is 1080. The number of amides is 2. The van der Waals surface area contributed by atoms with E-state index in [1.165, 1.54) is 5.56 Å². The Labute approximate surface area is 205 Å². The molecule has 1 aliphatic rings. The first-order valence-corrected chi connectivity index (χ1v) is 11.9. The van der Waals surface area contributed by atoms with Gasteiger partial charge in [0.25, 0.3) is 0 Å². The fraction of sp³-hybridized carbons (Fsp3) is 0.308. The first-order chi connectivity index (χ1) is 16.0. The molecule has 0 N–H and O–H groups in total. The Morgan fingerprint density at radius 1 is 1.00 bits per heavy atom. The zero-order valence-corrected chi connectivity index (χ0v) is 20.2. The fourth-order valence-electron chi connectivity index (χ4n) is 4.21. The Morgan fingerprint density at radius 2 is 1.79 bits per heavy atom. The fourth-order valence-corrected chi connectivity index (χ4v) is 4.61. The highest BCUT2D eigenvalue weighted by molar-refractivity contribution is 6.31. The molecular weight excluding hydrogens is 455 g/mol. The molecule has 1 saturated heterocycles. The van der Waals surface area contributed by atoms with Gasteiger partial charge in [0.1, 0.15) is 0 Å². The molecule has 0 bridgehead atoms. The Balaban J connectivity index is 1.48. The SMILES string of the molecule is C[C@@H]1CN(C(=O)N(Cc2cccc(Cl)c2)Cc2ccccc2Cl)CCN1Cc1ccncc1. The van der Waals surface area contributed by atoms with E-state index in [0.717, 1.165) is 24.2 Å². The summed E-state index contributed by atoms with van der Waals surface area (Å²) in [6, 6.07) is 19.7. The molecule has 2 aromatic carbocycles. The average Bonchev–Trinajstić information content (AvgIpc) is 2.81. The van der Waals surface area contributed by atoms with E-state index < -0.39 is 0 Å². The minimum Gasteiger partial charge on any atom is -0.322 e. The maximum Gasteiger partial charge on any atom is 0.320 e. The number of halogens is 2. The van der Waals surface area contributed by atoms with Gasteiger partial charge >= 0.3 is 6.03 Å². The van der Waals surface area contributed by atoms with Gasteiger partial charge in [-0.3, -0.25) is 9.88 Å². The van der Waals surface area contributed by atoms with Gasteiger partial charge in [-0.15, -0.1) is 0 Å². The van der Waals surface area contributed by atoms with Crippen molar-refractivity contribution in [3.05, 3.63) is 99.8 Å². The molecule has 0 spiro atoms. The summed E-state index contributed by atoms with van der Waals surface area (Å²) in [6.07, 6.45) is 3.64. The van der Waals surface area contributed by atoms with Crippen LogP contribution < -0.4 is 0 Å². The lowest BCUT2D eigenvalue weighted by Gasteiger charge is -2.41. The molecule has 2 amide bonds. The third-order valence-electron chi connectivity index (χ3n) is 6.02. The van der Waals surface area contributed by atoms with Crippen LogP contribution in [0.2, 0.25) is 10.0 Å². The van der Waals surface area contributed by atoms with Gasteiger partial charge in [-0.1, -0.05) is 53.5 Å². The van der Waals surface area contributed by atoms with Crippen LogP contribution in [-0.4, -0.2) is 51.4 Å². The minimum atomic E-state index is 0.0188. The van der Waals surface area contributed by atoms with Crippen molar-refractivity contribution in [3.63, 3.8) is 0 Å². The Hall–Kier alpha value is -2.60. The Morgan fingerprint density at radius 3 is 2.52 bits per heavy atom. The van der Waals surface area contributed by atoms with Crippen LogP contribution in [0.3, 0.4) is 0 Å². The van der Waals surface area contributed by atoms with E-state index in [2.05, 4.69) is 16.8 Å². The lowest BCUT2D eigenvalue weighted by molar-refractivity contribution is 0.0744. The van der Waals surface area contributed by atoms with Crippen LogP contribution in [-0.2, 0) is 19.6 Å². The number of urea groups is 1. The van der Waals surface area contributed by atoms with Gasteiger partial charge in [0.05, 0.1) is 0 Å². The highest BCUT2D eigenvalue weighted by Crippen LogP contribution is 2.22. The molecule has 0 aliphatic carbocycles. The second-order valence-electron chi connectivity index (χ2n) is 8.48. The zero-order valence-electron chi connectivity index (χ0n) is 18.7. The summed E-state index contributed by atoms with van der Waals surface area (Å²) in [4.78, 5) is 24.0. The van der Waals surface area contributed by atoms with Crippen LogP contribution >= 0.6 is 23.2 Å². The molecule has 7 heteroatoms. The van der Waals surface area contributed by atoms with Crippen molar-refractivity contribution in [2.75, 3.05) is 19.6 Å². The zero-order chi connectivity index (χ0) is 23.2. The lowest BCUT2D eigenvalue weighted by Crippen LogP contribution is -2.55. The summed E-state index contributed by atoms with van der Waals surface area (Å²) in [5, 5.41) is 1.33. The normalized spacial score (nSPS) is 16.6. The molecule has 0 radical (unpaired) electrons. The number of nitrogens with zero attached hydrogens (tertiary/aromatic N) is 4. The van der Waals surface area contributed by atoms with Crippen LogP contribution in [0, 0.1) is 0 Å². The highest BCUT2D eigenvalue weighted by Gasteiger charge is 2.30. The highest BCUT2D eigenvalue weighted by atomic mass is 35.5. The van der Waals surface area contributed by atoms with Crippen molar-refractivity contribution in [2.45, 2.75) is 32.6 Å². The van der Waals surface area contributed by atoms with E-state index in [0.29, 0.717) is 36.2 Å². The van der Waals surface area contributed by atoms with Crippen molar-refractivity contribution < 1.29 is 4.79 Å². The molecule has 1 atom stereocenters. The monoisotopic (exact) mass is 482 g/mol. The van der Waals surface area contributed by atoms with Gasteiger partial charge in [-0.2, -0.15) is 0 Å². The van der Waals surface area contributed by atoms with E-state index in [-0.39, 0.29) is 12.1 Å². The van der Waals surface area contributed by atoms with Crippen LogP contribution in [0.1, 0.15) is 23.6 Å². The number of carbonyl (C=O) groups excluding carboxylic acids is 1. The maximum absolute atomic E-state index is 13.7. The van der Waals surface area contributed by atoms with Crippen molar-refractivity contribution in [1.29, 1.82) is 0 Å². The second-order valence-corrected chi connectivity index (χ2v) is 9.32. The van der Waals surface area contributed by atoms with E-state index in [1.54, 1.807) is 0 Å². The smallest absolute Gasteiger partial charge is 0.320 e. The number of rotatable bonds is 6. The maximum atomic E-state index is 13.7. The first kappa shape index (κ1) is 23.6. The molecule has 4 rings (SSSR count). The molecule has 3 aromatic rings.